The van der Waals surface area contributed by atoms with Gasteiger partial charge in [0.25, 0.3) is 11.2 Å². The molecule has 0 N–H and O–H groups in total. The van der Waals surface area contributed by atoms with Gasteiger partial charge < -0.3 is 9.30 Å². The first-order chi connectivity index (χ1) is 17.8. The van der Waals surface area contributed by atoms with E-state index in [0.717, 1.165) is 5.56 Å². The number of hydrogen-bond acceptors (Lipinski definition) is 7. The summed E-state index contributed by atoms with van der Waals surface area (Å²) in [5.41, 5.74) is 1.04. The second-order valence-electron chi connectivity index (χ2n) is 8.84. The number of aryl methyl sites for hydroxylation is 1. The van der Waals surface area contributed by atoms with Gasteiger partial charge in [0.15, 0.2) is 11.2 Å². The quantitative estimate of drug-likeness (QED) is 0.140. The Kier molecular flexibility index (Phi) is 7.61. The molecule has 4 aromatic rings. The molecule has 0 bridgehead atoms. The van der Waals surface area contributed by atoms with E-state index in [-0.39, 0.29) is 23.4 Å². The summed E-state index contributed by atoms with van der Waals surface area (Å²) in [7, 11) is 1.60. The minimum Gasteiger partial charge on any atom is -0.459 e. The third-order valence-corrected chi connectivity index (χ3v) is 6.16. The summed E-state index contributed by atoms with van der Waals surface area (Å²) < 4.78 is 9.78. The van der Waals surface area contributed by atoms with Crippen molar-refractivity contribution < 1.29 is 14.5 Å². The number of carbonyl (C=O) groups is 1. The highest BCUT2D eigenvalue weighted by atomic mass is 16.6. The zero-order valence-electron chi connectivity index (χ0n) is 20.6. The standard InChI is InChI=1S/C26H27N5O6/c1-18(37-25(33)20-11-13-21(14-12-20)31(35)36)8-6-7-15-30-24(32)22-23(28(2)26(30)34)27-17-29(22)16-19-9-4-3-5-10-19/h3-5,9-14,17-18H,6-8,15-16H2,1-2H3. The number of nitrogens with zero attached hydrogens (tertiary/aromatic N) is 5. The average Bonchev–Trinajstić information content (AvgIpc) is 3.31. The number of carbonyl (C=O) groups excluding carboxylic acids is 1. The molecule has 2 heterocycles. The molecule has 0 saturated heterocycles. The molecule has 2 aromatic heterocycles. The summed E-state index contributed by atoms with van der Waals surface area (Å²) >= 11 is 0. The molecule has 0 saturated carbocycles. The maximum absolute atomic E-state index is 13.2. The fourth-order valence-electron chi connectivity index (χ4n) is 4.15. The van der Waals surface area contributed by atoms with Gasteiger partial charge in [-0.15, -0.1) is 0 Å². The lowest BCUT2D eigenvalue weighted by Crippen LogP contribution is -2.39. The predicted molar refractivity (Wildman–Crippen MR) is 137 cm³/mol. The van der Waals surface area contributed by atoms with E-state index in [4.69, 9.17) is 4.74 Å². The van der Waals surface area contributed by atoms with Crippen LogP contribution in [-0.2, 0) is 24.9 Å². The summed E-state index contributed by atoms with van der Waals surface area (Å²) in [5, 5.41) is 10.8. The second-order valence-corrected chi connectivity index (χ2v) is 8.84. The van der Waals surface area contributed by atoms with Crippen molar-refractivity contribution in [3.05, 3.63) is 103 Å². The van der Waals surface area contributed by atoms with E-state index in [1.165, 1.54) is 33.4 Å². The maximum atomic E-state index is 13.2. The first-order valence-corrected chi connectivity index (χ1v) is 11.9. The lowest BCUT2D eigenvalue weighted by Gasteiger charge is -2.14. The number of non-ortho nitro benzene ring substituents is 1. The molecule has 1 atom stereocenters. The Balaban J connectivity index is 1.38. The number of imidazole rings is 1. The molecule has 0 aliphatic rings. The lowest BCUT2D eigenvalue weighted by molar-refractivity contribution is -0.384. The largest absolute Gasteiger partial charge is 0.459 e. The van der Waals surface area contributed by atoms with E-state index in [0.29, 0.717) is 37.0 Å². The van der Waals surface area contributed by atoms with E-state index in [1.807, 2.05) is 30.3 Å². The average molecular weight is 506 g/mol. The normalized spacial score (nSPS) is 11.9. The lowest BCUT2D eigenvalue weighted by atomic mass is 10.1. The van der Waals surface area contributed by atoms with E-state index in [2.05, 4.69) is 4.98 Å². The first-order valence-electron chi connectivity index (χ1n) is 11.9. The van der Waals surface area contributed by atoms with Gasteiger partial charge in [-0.25, -0.2) is 14.6 Å². The predicted octanol–water partition coefficient (Wildman–Crippen LogP) is 3.27. The number of ether oxygens (including phenoxy) is 1. The monoisotopic (exact) mass is 505 g/mol. The van der Waals surface area contributed by atoms with Gasteiger partial charge in [0, 0.05) is 32.3 Å². The van der Waals surface area contributed by atoms with Crippen LogP contribution in [0.15, 0.2) is 70.5 Å². The summed E-state index contributed by atoms with van der Waals surface area (Å²) in [6.45, 7) is 2.44. The van der Waals surface area contributed by atoms with Crippen molar-refractivity contribution in [3.8, 4) is 0 Å². The number of nitro groups is 1. The van der Waals surface area contributed by atoms with Crippen LogP contribution in [-0.4, -0.2) is 35.7 Å². The zero-order chi connectivity index (χ0) is 26.5. The molecule has 0 spiro atoms. The van der Waals surface area contributed by atoms with Crippen molar-refractivity contribution in [2.24, 2.45) is 7.05 Å². The summed E-state index contributed by atoms with van der Waals surface area (Å²) in [5.74, 6) is -0.565. The molecule has 0 fully saturated rings. The van der Waals surface area contributed by atoms with Gasteiger partial charge in [0.2, 0.25) is 0 Å². The van der Waals surface area contributed by atoms with E-state index in [9.17, 15) is 24.5 Å². The van der Waals surface area contributed by atoms with Crippen LogP contribution in [0.3, 0.4) is 0 Å². The minimum absolute atomic E-state index is 0.104. The van der Waals surface area contributed by atoms with Crippen molar-refractivity contribution in [1.82, 2.24) is 18.7 Å². The number of unbranched alkanes of at least 4 members (excludes halogenated alkanes) is 1. The number of benzene rings is 2. The molecule has 2 aromatic carbocycles. The van der Waals surface area contributed by atoms with E-state index in [1.54, 1.807) is 24.9 Å². The van der Waals surface area contributed by atoms with Crippen LogP contribution in [0.1, 0.15) is 42.1 Å². The summed E-state index contributed by atoms with van der Waals surface area (Å²) in [6, 6.07) is 14.9. The molecule has 0 amide bonds. The number of hydrogen-bond donors (Lipinski definition) is 0. The van der Waals surface area contributed by atoms with Crippen molar-refractivity contribution in [3.63, 3.8) is 0 Å². The van der Waals surface area contributed by atoms with Gasteiger partial charge in [-0.1, -0.05) is 30.3 Å². The number of esters is 1. The molecular weight excluding hydrogens is 478 g/mol. The topological polar surface area (TPSA) is 131 Å². The van der Waals surface area contributed by atoms with Gasteiger partial charge in [-0.2, -0.15) is 0 Å². The minimum atomic E-state index is -0.565. The molecule has 0 aliphatic carbocycles. The van der Waals surface area contributed by atoms with Gasteiger partial charge in [-0.3, -0.25) is 24.0 Å². The van der Waals surface area contributed by atoms with Gasteiger partial charge in [0.05, 0.1) is 22.9 Å². The van der Waals surface area contributed by atoms with Crippen molar-refractivity contribution in [2.75, 3.05) is 0 Å². The third-order valence-electron chi connectivity index (χ3n) is 6.16. The Labute approximate surface area is 211 Å². The Morgan fingerprint density at radius 3 is 2.46 bits per heavy atom. The fourth-order valence-corrected chi connectivity index (χ4v) is 4.15. The second kappa shape index (κ2) is 11.0. The number of fused-ring (bicyclic) bond motifs is 1. The molecule has 0 radical (unpaired) electrons. The van der Waals surface area contributed by atoms with Crippen LogP contribution in [0.5, 0.6) is 0 Å². The Bertz CT molecular complexity index is 1540. The molecular formula is C26H27N5O6. The van der Waals surface area contributed by atoms with Crippen LogP contribution in [0.25, 0.3) is 11.2 Å². The number of nitro benzene ring substituents is 1. The SMILES string of the molecule is CC(CCCCn1c(=O)c2c(ncn2Cc2ccccc2)n(C)c1=O)OC(=O)c1ccc([N+](=O)[O-])cc1. The van der Waals surface area contributed by atoms with Gasteiger partial charge >= 0.3 is 11.7 Å². The van der Waals surface area contributed by atoms with Crippen LogP contribution < -0.4 is 11.2 Å². The smallest absolute Gasteiger partial charge is 0.338 e. The van der Waals surface area contributed by atoms with Crippen molar-refractivity contribution in [2.45, 2.75) is 45.4 Å². The first kappa shape index (κ1) is 25.5. The fraction of sp³-hybridized carbons (Fsp3) is 0.308. The van der Waals surface area contributed by atoms with Crippen LogP contribution in [0.2, 0.25) is 0 Å². The molecule has 0 aliphatic heterocycles. The highest BCUT2D eigenvalue weighted by molar-refractivity contribution is 5.89. The van der Waals surface area contributed by atoms with Gasteiger partial charge in [0.1, 0.15) is 0 Å². The van der Waals surface area contributed by atoms with Crippen LogP contribution >= 0.6 is 0 Å². The molecule has 1 unspecified atom stereocenters. The summed E-state index contributed by atoms with van der Waals surface area (Å²) in [6.07, 6.45) is 2.85. The van der Waals surface area contributed by atoms with Crippen molar-refractivity contribution >= 4 is 22.8 Å². The highest BCUT2D eigenvalue weighted by Crippen LogP contribution is 2.15. The summed E-state index contributed by atoms with van der Waals surface area (Å²) in [4.78, 5) is 52.9. The maximum Gasteiger partial charge on any atom is 0.338 e. The zero-order valence-corrected chi connectivity index (χ0v) is 20.6. The van der Waals surface area contributed by atoms with E-state index < -0.39 is 22.7 Å². The van der Waals surface area contributed by atoms with Crippen LogP contribution in [0, 0.1) is 10.1 Å². The molecule has 11 nitrogen and oxygen atoms in total. The van der Waals surface area contributed by atoms with Gasteiger partial charge in [-0.05, 0) is 43.9 Å². The van der Waals surface area contributed by atoms with Crippen molar-refractivity contribution in [1.29, 1.82) is 0 Å². The Morgan fingerprint density at radius 2 is 1.78 bits per heavy atom. The van der Waals surface area contributed by atoms with Crippen LogP contribution in [0.4, 0.5) is 5.69 Å². The molecule has 192 valence electrons. The number of aromatic nitrogens is 4. The highest BCUT2D eigenvalue weighted by Gasteiger charge is 2.17. The third kappa shape index (κ3) is 5.66. The molecule has 11 heteroatoms. The Hall–Kier alpha value is -4.54. The Morgan fingerprint density at radius 1 is 1.08 bits per heavy atom. The van der Waals surface area contributed by atoms with E-state index >= 15 is 0 Å². The number of rotatable bonds is 10. The molecule has 37 heavy (non-hydrogen) atoms. The molecule has 4 rings (SSSR count).